The number of guanidine groups is 1. The van der Waals surface area contributed by atoms with E-state index < -0.39 is 15.6 Å². The van der Waals surface area contributed by atoms with Gasteiger partial charge in [0.25, 0.3) is 0 Å². The van der Waals surface area contributed by atoms with Gasteiger partial charge in [-0.1, -0.05) is 13.8 Å². The third-order valence-corrected chi connectivity index (χ3v) is 2.98. The first-order chi connectivity index (χ1) is 8.06. The fraction of sp³-hybridized carbons (Fsp3) is 0.909. The van der Waals surface area contributed by atoms with Gasteiger partial charge in [-0.05, 0) is 19.8 Å². The summed E-state index contributed by atoms with van der Waals surface area (Å²) in [7, 11) is -1.53. The molecule has 0 aliphatic rings. The maximum atomic E-state index is 11.2. The highest BCUT2D eigenvalue weighted by molar-refractivity contribution is 7.88. The van der Waals surface area contributed by atoms with Crippen molar-refractivity contribution in [1.82, 2.24) is 15.4 Å². The highest BCUT2D eigenvalue weighted by atomic mass is 32.2. The van der Waals surface area contributed by atoms with Crippen LogP contribution in [0.15, 0.2) is 4.99 Å². The van der Waals surface area contributed by atoms with Crippen molar-refractivity contribution in [3.05, 3.63) is 0 Å². The third kappa shape index (κ3) is 9.23. The van der Waals surface area contributed by atoms with E-state index in [9.17, 15) is 8.42 Å². The van der Waals surface area contributed by atoms with Gasteiger partial charge in [-0.2, -0.15) is 0 Å². The molecule has 0 radical (unpaired) electrons. The Morgan fingerprint density at radius 1 is 1.28 bits per heavy atom. The predicted octanol–water partition coefficient (Wildman–Crippen LogP) is 0.135. The minimum absolute atomic E-state index is 0.456. The quantitative estimate of drug-likeness (QED) is 0.476. The SMILES string of the molecule is CN=C(NCC(C)C)NCC(C)(C)NS(C)(=O)=O. The van der Waals surface area contributed by atoms with Crippen LogP contribution in [-0.4, -0.2) is 46.3 Å². The van der Waals surface area contributed by atoms with E-state index in [1.165, 1.54) is 0 Å². The molecule has 0 aliphatic carbocycles. The minimum atomic E-state index is -3.21. The number of nitrogens with zero attached hydrogens (tertiary/aromatic N) is 1. The molecular formula is C11H26N4O2S. The van der Waals surface area contributed by atoms with Crippen molar-refractivity contribution in [2.75, 3.05) is 26.4 Å². The van der Waals surface area contributed by atoms with Crippen LogP contribution in [0, 0.1) is 5.92 Å². The summed E-state index contributed by atoms with van der Waals surface area (Å²) in [5.41, 5.74) is -0.566. The molecule has 0 unspecified atom stereocenters. The summed E-state index contributed by atoms with van der Waals surface area (Å²) in [6.45, 7) is 9.12. The van der Waals surface area contributed by atoms with Crippen LogP contribution in [0.1, 0.15) is 27.7 Å². The molecule has 0 aliphatic heterocycles. The maximum Gasteiger partial charge on any atom is 0.209 e. The normalized spacial score (nSPS) is 13.8. The Balaban J connectivity index is 4.28. The maximum absolute atomic E-state index is 11.2. The van der Waals surface area contributed by atoms with Crippen LogP contribution in [0.4, 0.5) is 0 Å². The summed E-state index contributed by atoms with van der Waals surface area (Å²) in [4.78, 5) is 4.08. The minimum Gasteiger partial charge on any atom is -0.356 e. The van der Waals surface area contributed by atoms with Crippen molar-refractivity contribution >= 4 is 16.0 Å². The molecule has 0 spiro atoms. The summed E-state index contributed by atoms with van der Waals surface area (Å²) in [6, 6.07) is 0. The smallest absolute Gasteiger partial charge is 0.209 e. The van der Waals surface area contributed by atoms with Gasteiger partial charge in [-0.15, -0.1) is 0 Å². The van der Waals surface area contributed by atoms with Crippen molar-refractivity contribution in [3.63, 3.8) is 0 Å². The van der Waals surface area contributed by atoms with Crippen LogP contribution >= 0.6 is 0 Å². The number of nitrogens with one attached hydrogen (secondary N) is 3. The van der Waals surface area contributed by atoms with E-state index in [1.54, 1.807) is 7.05 Å². The fourth-order valence-electron chi connectivity index (χ4n) is 1.36. The summed E-state index contributed by atoms with van der Waals surface area (Å²) < 4.78 is 24.9. The van der Waals surface area contributed by atoms with Crippen LogP contribution in [-0.2, 0) is 10.0 Å². The van der Waals surface area contributed by atoms with Gasteiger partial charge in [0.05, 0.1) is 6.26 Å². The van der Waals surface area contributed by atoms with E-state index in [2.05, 4.69) is 34.2 Å². The third-order valence-electron chi connectivity index (χ3n) is 2.06. The molecular weight excluding hydrogens is 252 g/mol. The van der Waals surface area contributed by atoms with Crippen LogP contribution in [0.25, 0.3) is 0 Å². The van der Waals surface area contributed by atoms with Crippen molar-refractivity contribution in [2.45, 2.75) is 33.2 Å². The number of rotatable bonds is 6. The molecule has 0 amide bonds. The Morgan fingerprint density at radius 3 is 2.22 bits per heavy atom. The van der Waals surface area contributed by atoms with Crippen molar-refractivity contribution in [1.29, 1.82) is 0 Å². The molecule has 7 heteroatoms. The fourth-order valence-corrected chi connectivity index (χ4v) is 2.44. The van der Waals surface area contributed by atoms with E-state index in [0.29, 0.717) is 18.4 Å². The van der Waals surface area contributed by atoms with Gasteiger partial charge in [0.1, 0.15) is 0 Å². The predicted molar refractivity (Wildman–Crippen MR) is 76.3 cm³/mol. The lowest BCUT2D eigenvalue weighted by Gasteiger charge is -2.26. The first kappa shape index (κ1) is 17.2. The highest BCUT2D eigenvalue weighted by Crippen LogP contribution is 2.01. The molecule has 0 saturated heterocycles. The zero-order valence-electron chi connectivity index (χ0n) is 12.2. The van der Waals surface area contributed by atoms with Crippen LogP contribution in [0.2, 0.25) is 0 Å². The zero-order valence-corrected chi connectivity index (χ0v) is 13.0. The average molecular weight is 278 g/mol. The molecule has 0 aromatic heterocycles. The summed E-state index contributed by atoms with van der Waals surface area (Å²) in [6.07, 6.45) is 1.15. The second kappa shape index (κ2) is 6.94. The molecule has 0 bridgehead atoms. The largest absolute Gasteiger partial charge is 0.356 e. The van der Waals surface area contributed by atoms with Gasteiger partial charge in [0.15, 0.2) is 5.96 Å². The van der Waals surface area contributed by atoms with Gasteiger partial charge < -0.3 is 10.6 Å². The zero-order chi connectivity index (χ0) is 14.4. The Kier molecular flexibility index (Phi) is 6.62. The van der Waals surface area contributed by atoms with Crippen molar-refractivity contribution < 1.29 is 8.42 Å². The van der Waals surface area contributed by atoms with Gasteiger partial charge in [-0.3, -0.25) is 4.99 Å². The lowest BCUT2D eigenvalue weighted by atomic mass is 10.1. The van der Waals surface area contributed by atoms with E-state index >= 15 is 0 Å². The molecule has 3 N–H and O–H groups in total. The summed E-state index contributed by atoms with van der Waals surface area (Å²) in [5, 5.41) is 6.27. The molecule has 108 valence electrons. The standard InChI is InChI=1S/C11H26N4O2S/c1-9(2)7-13-10(12-5)14-8-11(3,4)15-18(6,16)17/h9,15H,7-8H2,1-6H3,(H2,12,13,14). The topological polar surface area (TPSA) is 82.6 Å². The van der Waals surface area contributed by atoms with Crippen LogP contribution in [0.5, 0.6) is 0 Å². The van der Waals surface area contributed by atoms with Crippen LogP contribution in [0.3, 0.4) is 0 Å². The van der Waals surface area contributed by atoms with E-state index in [0.717, 1.165) is 12.8 Å². The molecule has 0 aromatic carbocycles. The first-order valence-electron chi connectivity index (χ1n) is 5.99. The number of sulfonamides is 1. The van der Waals surface area contributed by atoms with E-state index in [-0.39, 0.29) is 0 Å². The molecule has 6 nitrogen and oxygen atoms in total. The van der Waals surface area contributed by atoms with Crippen molar-refractivity contribution in [3.8, 4) is 0 Å². The molecule has 0 atom stereocenters. The van der Waals surface area contributed by atoms with E-state index in [4.69, 9.17) is 0 Å². The summed E-state index contributed by atoms with van der Waals surface area (Å²) in [5.74, 6) is 1.19. The first-order valence-corrected chi connectivity index (χ1v) is 7.88. The highest BCUT2D eigenvalue weighted by Gasteiger charge is 2.22. The average Bonchev–Trinajstić information content (AvgIpc) is 2.13. The van der Waals surface area contributed by atoms with Crippen LogP contribution < -0.4 is 15.4 Å². The number of hydrogen-bond acceptors (Lipinski definition) is 3. The Bertz CT molecular complexity index is 375. The number of aliphatic imine (C=N–C) groups is 1. The second-order valence-corrected chi connectivity index (χ2v) is 7.21. The lowest BCUT2D eigenvalue weighted by molar-refractivity contribution is 0.445. The van der Waals surface area contributed by atoms with Gasteiger partial charge in [0, 0.05) is 25.7 Å². The van der Waals surface area contributed by atoms with Gasteiger partial charge in [-0.25, -0.2) is 13.1 Å². The summed E-state index contributed by atoms with van der Waals surface area (Å²) >= 11 is 0. The molecule has 0 saturated carbocycles. The van der Waals surface area contributed by atoms with Gasteiger partial charge in [0.2, 0.25) is 10.0 Å². The molecule has 18 heavy (non-hydrogen) atoms. The molecule has 0 rings (SSSR count). The second-order valence-electron chi connectivity index (χ2n) is 5.46. The molecule has 0 fully saturated rings. The Morgan fingerprint density at radius 2 is 1.83 bits per heavy atom. The monoisotopic (exact) mass is 278 g/mol. The number of hydrogen-bond donors (Lipinski definition) is 3. The van der Waals surface area contributed by atoms with E-state index in [1.807, 2.05) is 13.8 Å². The Hall–Kier alpha value is -0.820. The van der Waals surface area contributed by atoms with Gasteiger partial charge >= 0.3 is 0 Å². The van der Waals surface area contributed by atoms with Crippen molar-refractivity contribution in [2.24, 2.45) is 10.9 Å². The lowest BCUT2D eigenvalue weighted by Crippen LogP contribution is -2.53. The molecule has 0 aromatic rings. The molecule has 0 heterocycles. The Labute approximate surface area is 111 Å².